The lowest BCUT2D eigenvalue weighted by Gasteiger charge is -2.37. The van der Waals surface area contributed by atoms with Crippen molar-refractivity contribution in [2.45, 2.75) is 39.2 Å². The fourth-order valence-electron chi connectivity index (χ4n) is 2.08. The Hall–Kier alpha value is -1.58. The number of fused-ring (bicyclic) bond motifs is 1. The van der Waals surface area contributed by atoms with Crippen LogP contribution in [0.3, 0.4) is 0 Å². The van der Waals surface area contributed by atoms with Gasteiger partial charge in [0.1, 0.15) is 5.54 Å². The Morgan fingerprint density at radius 1 is 1.38 bits per heavy atom. The summed E-state index contributed by atoms with van der Waals surface area (Å²) in [6.07, 6.45) is 3.27. The Bertz CT molecular complexity index is 424. The molecule has 0 radical (unpaired) electrons. The fraction of sp³-hybridized carbons (Fsp3) is 0.500. The molecule has 0 aliphatic carbocycles. The van der Waals surface area contributed by atoms with Gasteiger partial charge in [0, 0.05) is 6.20 Å². The maximum Gasteiger partial charge on any atom is 0.250 e. The Balaban J connectivity index is 2.46. The molecule has 86 valence electrons. The number of rotatable bonds is 2. The first kappa shape index (κ1) is 10.9. The Labute approximate surface area is 95.5 Å². The van der Waals surface area contributed by atoms with Gasteiger partial charge >= 0.3 is 0 Å². The lowest BCUT2D eigenvalue weighted by molar-refractivity contribution is -0.120. The van der Waals surface area contributed by atoms with E-state index in [4.69, 9.17) is 0 Å². The average Bonchev–Trinajstić information content (AvgIpc) is 2.30. The summed E-state index contributed by atoms with van der Waals surface area (Å²) >= 11 is 0. The van der Waals surface area contributed by atoms with Gasteiger partial charge in [-0.1, -0.05) is 13.8 Å². The van der Waals surface area contributed by atoms with Gasteiger partial charge < -0.3 is 10.6 Å². The molecule has 16 heavy (non-hydrogen) atoms. The zero-order valence-corrected chi connectivity index (χ0v) is 9.92. The Kier molecular flexibility index (Phi) is 2.58. The van der Waals surface area contributed by atoms with E-state index in [-0.39, 0.29) is 5.91 Å². The molecule has 0 bridgehead atoms. The molecule has 1 aromatic rings. The van der Waals surface area contributed by atoms with Crippen LogP contribution in [0.25, 0.3) is 0 Å². The van der Waals surface area contributed by atoms with Gasteiger partial charge in [-0.15, -0.1) is 0 Å². The summed E-state index contributed by atoms with van der Waals surface area (Å²) in [4.78, 5) is 16.4. The van der Waals surface area contributed by atoms with Gasteiger partial charge in [-0.2, -0.15) is 0 Å². The number of carbonyl (C=O) groups is 1. The average molecular weight is 219 g/mol. The quantitative estimate of drug-likeness (QED) is 0.802. The number of nitrogens with one attached hydrogen (secondary N) is 2. The molecule has 4 nitrogen and oxygen atoms in total. The predicted molar refractivity (Wildman–Crippen MR) is 64.5 cm³/mol. The molecule has 1 aliphatic heterocycles. The second kappa shape index (κ2) is 3.77. The molecule has 2 N–H and O–H groups in total. The minimum Gasteiger partial charge on any atom is -0.354 e. The normalized spacial score (nSPS) is 17.3. The van der Waals surface area contributed by atoms with Crippen LogP contribution in [-0.4, -0.2) is 16.4 Å². The number of nitrogens with zero attached hydrogens (tertiary/aromatic N) is 1. The Morgan fingerprint density at radius 2 is 2.06 bits per heavy atom. The molecular formula is C12H17N3O. The SMILES string of the molecule is CCC1(CC)Nc2nccc(C)c2NC1=O. The third-order valence-electron chi connectivity index (χ3n) is 3.40. The van der Waals surface area contributed by atoms with Crippen molar-refractivity contribution in [3.8, 4) is 0 Å². The number of pyridine rings is 1. The van der Waals surface area contributed by atoms with E-state index in [1.807, 2.05) is 26.8 Å². The van der Waals surface area contributed by atoms with Crippen molar-refractivity contribution < 1.29 is 4.79 Å². The third kappa shape index (κ3) is 1.45. The van der Waals surface area contributed by atoms with Crippen LogP contribution in [0.5, 0.6) is 0 Å². The summed E-state index contributed by atoms with van der Waals surface area (Å²) in [5, 5.41) is 6.23. The topological polar surface area (TPSA) is 54.0 Å². The van der Waals surface area contributed by atoms with Gasteiger partial charge in [-0.05, 0) is 31.4 Å². The molecule has 0 aromatic carbocycles. The summed E-state index contributed by atoms with van der Waals surface area (Å²) in [6, 6.07) is 1.89. The fourth-order valence-corrected chi connectivity index (χ4v) is 2.08. The third-order valence-corrected chi connectivity index (χ3v) is 3.40. The zero-order chi connectivity index (χ0) is 11.8. The van der Waals surface area contributed by atoms with Gasteiger partial charge in [-0.25, -0.2) is 4.98 Å². The Morgan fingerprint density at radius 3 is 2.69 bits per heavy atom. The lowest BCUT2D eigenvalue weighted by atomic mass is 9.89. The van der Waals surface area contributed by atoms with Crippen molar-refractivity contribution in [1.29, 1.82) is 0 Å². The number of hydrogen-bond donors (Lipinski definition) is 2. The predicted octanol–water partition coefficient (Wildman–Crippen LogP) is 2.31. The number of amides is 1. The van der Waals surface area contributed by atoms with Crippen molar-refractivity contribution in [2.75, 3.05) is 10.6 Å². The molecule has 2 heterocycles. The number of aryl methyl sites for hydroxylation is 1. The van der Waals surface area contributed by atoms with E-state index in [9.17, 15) is 4.79 Å². The molecule has 1 aliphatic rings. The first-order valence-corrected chi connectivity index (χ1v) is 5.68. The van der Waals surface area contributed by atoms with E-state index in [2.05, 4.69) is 15.6 Å². The van der Waals surface area contributed by atoms with E-state index in [1.165, 1.54) is 0 Å². The van der Waals surface area contributed by atoms with Crippen LogP contribution >= 0.6 is 0 Å². The van der Waals surface area contributed by atoms with Crippen molar-refractivity contribution in [2.24, 2.45) is 0 Å². The van der Waals surface area contributed by atoms with E-state index >= 15 is 0 Å². The molecule has 4 heteroatoms. The number of hydrogen-bond acceptors (Lipinski definition) is 3. The highest BCUT2D eigenvalue weighted by atomic mass is 16.2. The molecule has 0 spiro atoms. The molecule has 0 saturated carbocycles. The second-order valence-electron chi connectivity index (χ2n) is 4.22. The summed E-state index contributed by atoms with van der Waals surface area (Å²) in [7, 11) is 0. The second-order valence-corrected chi connectivity index (χ2v) is 4.22. The number of anilines is 2. The highest BCUT2D eigenvalue weighted by molar-refractivity contribution is 6.05. The van der Waals surface area contributed by atoms with Crippen LogP contribution in [0.15, 0.2) is 12.3 Å². The highest BCUT2D eigenvalue weighted by Gasteiger charge is 2.39. The van der Waals surface area contributed by atoms with Crippen LogP contribution in [-0.2, 0) is 4.79 Å². The van der Waals surface area contributed by atoms with E-state index in [0.717, 1.165) is 29.9 Å². The standard InChI is InChI=1S/C12H17N3O/c1-4-12(5-2)11(16)14-9-8(3)6-7-13-10(9)15-12/h6-7H,4-5H2,1-3H3,(H,13,15)(H,14,16). The molecule has 1 aromatic heterocycles. The van der Waals surface area contributed by atoms with Crippen molar-refractivity contribution >= 4 is 17.4 Å². The van der Waals surface area contributed by atoms with E-state index in [0.29, 0.717) is 0 Å². The maximum atomic E-state index is 12.1. The lowest BCUT2D eigenvalue weighted by Crippen LogP contribution is -2.52. The summed E-state index contributed by atoms with van der Waals surface area (Å²) in [6.45, 7) is 5.99. The largest absolute Gasteiger partial charge is 0.354 e. The monoisotopic (exact) mass is 219 g/mol. The van der Waals surface area contributed by atoms with Crippen molar-refractivity contribution in [3.63, 3.8) is 0 Å². The molecule has 0 saturated heterocycles. The summed E-state index contributed by atoms with van der Waals surface area (Å²) in [5.41, 5.74) is 1.34. The molecule has 1 amide bonds. The number of carbonyl (C=O) groups excluding carboxylic acids is 1. The van der Waals surface area contributed by atoms with Gasteiger partial charge in [0.25, 0.3) is 0 Å². The van der Waals surface area contributed by atoms with E-state index in [1.54, 1.807) is 6.20 Å². The minimum absolute atomic E-state index is 0.0427. The maximum absolute atomic E-state index is 12.1. The van der Waals surface area contributed by atoms with Gasteiger partial charge in [-0.3, -0.25) is 4.79 Å². The summed E-state index contributed by atoms with van der Waals surface area (Å²) in [5.74, 6) is 0.824. The smallest absolute Gasteiger partial charge is 0.250 e. The van der Waals surface area contributed by atoms with Crippen LogP contribution < -0.4 is 10.6 Å². The van der Waals surface area contributed by atoms with Crippen molar-refractivity contribution in [3.05, 3.63) is 17.8 Å². The summed E-state index contributed by atoms with van der Waals surface area (Å²) < 4.78 is 0. The van der Waals surface area contributed by atoms with Gasteiger partial charge in [0.15, 0.2) is 5.82 Å². The number of aromatic nitrogens is 1. The first-order valence-electron chi connectivity index (χ1n) is 5.68. The van der Waals surface area contributed by atoms with E-state index < -0.39 is 5.54 Å². The van der Waals surface area contributed by atoms with Crippen LogP contribution in [0.2, 0.25) is 0 Å². The minimum atomic E-state index is -0.506. The molecule has 0 atom stereocenters. The molecular weight excluding hydrogens is 202 g/mol. The van der Waals surface area contributed by atoms with Crippen LogP contribution in [0.4, 0.5) is 11.5 Å². The van der Waals surface area contributed by atoms with Gasteiger partial charge in [0.05, 0.1) is 5.69 Å². The first-order chi connectivity index (χ1) is 7.63. The van der Waals surface area contributed by atoms with Crippen LogP contribution in [0.1, 0.15) is 32.3 Å². The van der Waals surface area contributed by atoms with Gasteiger partial charge in [0.2, 0.25) is 5.91 Å². The molecule has 2 rings (SSSR count). The zero-order valence-electron chi connectivity index (χ0n) is 9.92. The molecule has 0 fully saturated rings. The van der Waals surface area contributed by atoms with Crippen molar-refractivity contribution in [1.82, 2.24) is 4.98 Å². The highest BCUT2D eigenvalue weighted by Crippen LogP contribution is 2.34. The van der Waals surface area contributed by atoms with Crippen LogP contribution in [0, 0.1) is 6.92 Å². The molecule has 0 unspecified atom stereocenters.